The van der Waals surface area contributed by atoms with Crippen LogP contribution in [0.2, 0.25) is 0 Å². The Bertz CT molecular complexity index is 1790. The minimum atomic E-state index is -4.95. The Labute approximate surface area is 549 Å². The number of aliphatic hydroxyl groups excluding tert-OH is 1. The van der Waals surface area contributed by atoms with Crippen LogP contribution in [0.5, 0.6) is 0 Å². The van der Waals surface area contributed by atoms with E-state index in [4.69, 9.17) is 37.0 Å². The van der Waals surface area contributed by atoms with Gasteiger partial charge in [-0.25, -0.2) is 9.13 Å². The van der Waals surface area contributed by atoms with Crippen LogP contribution in [0.1, 0.15) is 351 Å². The lowest BCUT2D eigenvalue weighted by molar-refractivity contribution is -0.161. The summed E-state index contributed by atoms with van der Waals surface area (Å²) in [5.41, 5.74) is 0. The van der Waals surface area contributed by atoms with Gasteiger partial charge in [0.25, 0.3) is 0 Å². The van der Waals surface area contributed by atoms with Crippen molar-refractivity contribution in [2.75, 3.05) is 39.6 Å². The number of hydrogen-bond acceptors (Lipinski definition) is 15. The fourth-order valence-electron chi connectivity index (χ4n) is 10.6. The van der Waals surface area contributed by atoms with E-state index < -0.39 is 97.5 Å². The SMILES string of the molecule is CCC(C)CCCCCCCCCCCCC(=O)OC[C@H](COP(=O)(O)OC[C@@H](O)COP(=O)(O)OC[C@@H](COC(=O)CCCCCCCCC(C)CC)OC(=O)CCCCCCCCCCCCCCCC(C)C)OC(=O)CCCCCCCCCC(C)C. The molecule has 0 radical (unpaired) electrons. The Morgan fingerprint density at radius 1 is 0.311 bits per heavy atom. The molecule has 0 aliphatic carbocycles. The lowest BCUT2D eigenvalue weighted by Crippen LogP contribution is -2.30. The third kappa shape index (κ3) is 62.2. The average Bonchev–Trinajstić information content (AvgIpc) is 3.63. The summed E-state index contributed by atoms with van der Waals surface area (Å²) in [6, 6.07) is 0. The van der Waals surface area contributed by atoms with Crippen molar-refractivity contribution in [3.63, 3.8) is 0 Å². The van der Waals surface area contributed by atoms with Gasteiger partial charge < -0.3 is 33.8 Å². The van der Waals surface area contributed by atoms with Gasteiger partial charge >= 0.3 is 39.5 Å². The van der Waals surface area contributed by atoms with E-state index in [1.807, 2.05) is 0 Å². The minimum Gasteiger partial charge on any atom is -0.462 e. The molecule has 0 saturated carbocycles. The number of rotatable bonds is 68. The van der Waals surface area contributed by atoms with Crippen molar-refractivity contribution in [1.29, 1.82) is 0 Å². The standard InChI is InChI=1S/C71H138O17P2/c1-9-63(7)49-41-33-25-19-16-17-20-26-35-43-51-68(73)81-57-66(88-71(76)54-46-38-28-22-24-32-40-48-62(5)6)59-85-89(77,78)83-55-65(72)56-84-90(79,80)86-60-67(58-82-69(74)52-44-36-30-29-34-42-50-64(8)10-2)87-70(75)53-45-37-27-21-15-13-11-12-14-18-23-31-39-47-61(3)4/h61-67,72H,9-60H2,1-8H3,(H,77,78)(H,79,80)/t63?,64?,65-,66-,67-/m1/s1. The van der Waals surface area contributed by atoms with Gasteiger partial charge in [0.05, 0.1) is 26.4 Å². The van der Waals surface area contributed by atoms with Gasteiger partial charge in [-0.1, -0.05) is 299 Å². The summed E-state index contributed by atoms with van der Waals surface area (Å²) in [5.74, 6) is 0.892. The lowest BCUT2D eigenvalue weighted by Gasteiger charge is -2.21. The maximum atomic E-state index is 13.0. The summed E-state index contributed by atoms with van der Waals surface area (Å²) < 4.78 is 68.3. The summed E-state index contributed by atoms with van der Waals surface area (Å²) in [5, 5.41) is 10.6. The highest BCUT2D eigenvalue weighted by molar-refractivity contribution is 7.47. The van der Waals surface area contributed by atoms with E-state index in [-0.39, 0.29) is 25.7 Å². The molecular weight excluding hydrogens is 1190 g/mol. The first kappa shape index (κ1) is 88.1. The predicted octanol–water partition coefficient (Wildman–Crippen LogP) is 20.1. The van der Waals surface area contributed by atoms with E-state index in [1.54, 1.807) is 0 Å². The van der Waals surface area contributed by atoms with Crippen LogP contribution >= 0.6 is 15.6 Å². The summed E-state index contributed by atoms with van der Waals surface area (Å²) in [4.78, 5) is 72.6. The molecule has 0 amide bonds. The van der Waals surface area contributed by atoms with Gasteiger partial charge in [-0.05, 0) is 49.4 Å². The second kappa shape index (κ2) is 60.7. The third-order valence-corrected chi connectivity index (χ3v) is 18.9. The molecule has 19 heteroatoms. The molecule has 0 fully saturated rings. The number of unbranched alkanes of at least 4 members (excludes halogenated alkanes) is 32. The Hall–Kier alpha value is -1.94. The van der Waals surface area contributed by atoms with E-state index in [2.05, 4.69) is 55.4 Å². The van der Waals surface area contributed by atoms with Crippen molar-refractivity contribution >= 4 is 39.5 Å². The molecule has 0 aliphatic rings. The van der Waals surface area contributed by atoms with Crippen LogP contribution in [0.25, 0.3) is 0 Å². The van der Waals surface area contributed by atoms with Gasteiger partial charge in [0, 0.05) is 25.7 Å². The second-order valence-corrected chi connectivity index (χ2v) is 30.0. The Morgan fingerprint density at radius 3 is 0.789 bits per heavy atom. The number of hydrogen-bond donors (Lipinski definition) is 3. The fraction of sp³-hybridized carbons (Fsp3) is 0.944. The van der Waals surface area contributed by atoms with Gasteiger partial charge in [0.1, 0.15) is 19.3 Å². The molecule has 3 N–H and O–H groups in total. The summed E-state index contributed by atoms with van der Waals surface area (Å²) in [6.07, 6.45) is 43.1. The van der Waals surface area contributed by atoms with E-state index in [9.17, 15) is 43.2 Å². The van der Waals surface area contributed by atoms with E-state index >= 15 is 0 Å². The first-order valence-electron chi connectivity index (χ1n) is 36.8. The molecule has 0 aromatic rings. The van der Waals surface area contributed by atoms with Crippen LogP contribution in [-0.4, -0.2) is 96.7 Å². The Morgan fingerprint density at radius 2 is 0.533 bits per heavy atom. The summed E-state index contributed by atoms with van der Waals surface area (Å²) in [6.45, 7) is 14.1. The lowest BCUT2D eigenvalue weighted by atomic mass is 9.99. The Balaban J connectivity index is 5.23. The van der Waals surface area contributed by atoms with Crippen LogP contribution in [-0.2, 0) is 65.4 Å². The highest BCUT2D eigenvalue weighted by atomic mass is 31.2. The number of ether oxygens (including phenoxy) is 4. The normalized spacial score (nSPS) is 14.9. The van der Waals surface area contributed by atoms with Gasteiger partial charge in [0.15, 0.2) is 12.2 Å². The van der Waals surface area contributed by atoms with E-state index in [0.717, 1.165) is 114 Å². The number of esters is 4. The zero-order chi connectivity index (χ0) is 66.8. The third-order valence-electron chi connectivity index (χ3n) is 17.0. The van der Waals surface area contributed by atoms with Crippen molar-refractivity contribution < 1.29 is 80.2 Å². The first-order valence-corrected chi connectivity index (χ1v) is 39.8. The molecule has 0 spiro atoms. The first-order chi connectivity index (χ1) is 43.2. The molecule has 0 rings (SSSR count). The van der Waals surface area contributed by atoms with E-state index in [1.165, 1.54) is 148 Å². The number of carbonyl (C=O) groups is 4. The molecule has 0 heterocycles. The maximum Gasteiger partial charge on any atom is 0.472 e. The van der Waals surface area contributed by atoms with Crippen LogP contribution in [0.15, 0.2) is 0 Å². The number of phosphoric ester groups is 2. The van der Waals surface area contributed by atoms with Crippen molar-refractivity contribution in [3.05, 3.63) is 0 Å². The average molecular weight is 1330 g/mol. The number of carbonyl (C=O) groups excluding carboxylic acids is 4. The smallest absolute Gasteiger partial charge is 0.462 e. The maximum absolute atomic E-state index is 13.0. The molecule has 0 aliphatic heterocycles. The van der Waals surface area contributed by atoms with Crippen LogP contribution in [0.3, 0.4) is 0 Å². The molecule has 0 bridgehead atoms. The fourth-order valence-corrected chi connectivity index (χ4v) is 12.2. The van der Waals surface area contributed by atoms with Crippen LogP contribution in [0.4, 0.5) is 0 Å². The quantitative estimate of drug-likeness (QED) is 0.0222. The highest BCUT2D eigenvalue weighted by Crippen LogP contribution is 2.45. The minimum absolute atomic E-state index is 0.103. The zero-order valence-electron chi connectivity index (χ0n) is 58.8. The Kier molecular flexibility index (Phi) is 59.4. The van der Waals surface area contributed by atoms with Gasteiger partial charge in [-0.3, -0.25) is 37.3 Å². The van der Waals surface area contributed by atoms with Crippen molar-refractivity contribution in [1.82, 2.24) is 0 Å². The van der Waals surface area contributed by atoms with Gasteiger partial charge in [-0.15, -0.1) is 0 Å². The molecule has 90 heavy (non-hydrogen) atoms. The molecule has 0 aromatic carbocycles. The molecule has 7 atom stereocenters. The molecule has 4 unspecified atom stereocenters. The van der Waals surface area contributed by atoms with Crippen LogP contribution < -0.4 is 0 Å². The molecule has 534 valence electrons. The highest BCUT2D eigenvalue weighted by Gasteiger charge is 2.30. The molecule has 0 aromatic heterocycles. The van der Waals surface area contributed by atoms with Gasteiger partial charge in [-0.2, -0.15) is 0 Å². The summed E-state index contributed by atoms with van der Waals surface area (Å²) >= 11 is 0. The van der Waals surface area contributed by atoms with Crippen LogP contribution in [0, 0.1) is 23.7 Å². The number of aliphatic hydroxyl groups is 1. The monoisotopic (exact) mass is 1320 g/mol. The molecule has 17 nitrogen and oxygen atoms in total. The molecule has 0 saturated heterocycles. The predicted molar refractivity (Wildman–Crippen MR) is 363 cm³/mol. The van der Waals surface area contributed by atoms with Crippen molar-refractivity contribution in [3.8, 4) is 0 Å². The van der Waals surface area contributed by atoms with Gasteiger partial charge in [0.2, 0.25) is 0 Å². The zero-order valence-corrected chi connectivity index (χ0v) is 60.6. The van der Waals surface area contributed by atoms with Crippen molar-refractivity contribution in [2.24, 2.45) is 23.7 Å². The number of phosphoric acid groups is 2. The van der Waals surface area contributed by atoms with E-state index in [0.29, 0.717) is 31.6 Å². The largest absolute Gasteiger partial charge is 0.472 e. The second-order valence-electron chi connectivity index (χ2n) is 27.1. The topological polar surface area (TPSA) is 237 Å². The van der Waals surface area contributed by atoms with Crippen molar-refractivity contribution in [2.45, 2.75) is 369 Å². The molecular formula is C71H138O17P2. The summed E-state index contributed by atoms with van der Waals surface area (Å²) in [7, 11) is -9.90.